The molecule has 1 aromatic carbocycles. The van der Waals surface area contributed by atoms with E-state index in [9.17, 15) is 4.79 Å². The molecular weight excluding hydrogens is 261 g/mol. The zero-order chi connectivity index (χ0) is 12.5. The summed E-state index contributed by atoms with van der Waals surface area (Å²) in [6, 6.07) is 7.23. The molecule has 0 aliphatic carbocycles. The molecule has 0 heterocycles. The summed E-state index contributed by atoms with van der Waals surface area (Å²) >= 11 is 11.4. The van der Waals surface area contributed by atoms with E-state index in [1.807, 2.05) is 12.1 Å². The van der Waals surface area contributed by atoms with Crippen LogP contribution in [0, 0.1) is 0 Å². The fraction of sp³-hybridized carbons (Fsp3) is 0.417. The SMILES string of the molecule is O=C(CCCCl)NCCOc1ccccc1Cl. The number of alkyl halides is 1. The highest BCUT2D eigenvalue weighted by Crippen LogP contribution is 2.22. The molecule has 1 N–H and O–H groups in total. The molecule has 1 aromatic rings. The first kappa shape index (κ1) is 14.1. The number of halogens is 2. The zero-order valence-corrected chi connectivity index (χ0v) is 10.9. The summed E-state index contributed by atoms with van der Waals surface area (Å²) in [6.45, 7) is 0.864. The highest BCUT2D eigenvalue weighted by Gasteiger charge is 2.01. The summed E-state index contributed by atoms with van der Waals surface area (Å²) in [5.41, 5.74) is 0. The van der Waals surface area contributed by atoms with E-state index >= 15 is 0 Å². The standard InChI is InChI=1S/C12H15Cl2NO2/c13-7-3-6-12(16)15-8-9-17-11-5-2-1-4-10(11)14/h1-2,4-5H,3,6-9H2,(H,15,16). The lowest BCUT2D eigenvalue weighted by molar-refractivity contribution is -0.121. The maximum Gasteiger partial charge on any atom is 0.220 e. The molecule has 0 aliphatic heterocycles. The van der Waals surface area contributed by atoms with Crippen molar-refractivity contribution in [3.63, 3.8) is 0 Å². The maximum absolute atomic E-state index is 11.2. The van der Waals surface area contributed by atoms with E-state index in [4.69, 9.17) is 27.9 Å². The van der Waals surface area contributed by atoms with Crippen LogP contribution in [0.2, 0.25) is 5.02 Å². The van der Waals surface area contributed by atoms with Crippen LogP contribution < -0.4 is 10.1 Å². The minimum Gasteiger partial charge on any atom is -0.490 e. The summed E-state index contributed by atoms with van der Waals surface area (Å²) in [6.07, 6.45) is 1.15. The number of para-hydroxylation sites is 1. The van der Waals surface area contributed by atoms with E-state index in [1.165, 1.54) is 0 Å². The van der Waals surface area contributed by atoms with Gasteiger partial charge in [0.2, 0.25) is 5.91 Å². The van der Waals surface area contributed by atoms with Crippen LogP contribution in [0.15, 0.2) is 24.3 Å². The lowest BCUT2D eigenvalue weighted by Gasteiger charge is -2.08. The molecule has 94 valence electrons. The van der Waals surface area contributed by atoms with Crippen LogP contribution in [-0.2, 0) is 4.79 Å². The van der Waals surface area contributed by atoms with Gasteiger partial charge in [-0.3, -0.25) is 4.79 Å². The van der Waals surface area contributed by atoms with Crippen molar-refractivity contribution in [2.45, 2.75) is 12.8 Å². The average molecular weight is 276 g/mol. The van der Waals surface area contributed by atoms with Crippen LogP contribution in [0.3, 0.4) is 0 Å². The van der Waals surface area contributed by atoms with E-state index < -0.39 is 0 Å². The van der Waals surface area contributed by atoms with Crippen LogP contribution in [0.1, 0.15) is 12.8 Å². The Balaban J connectivity index is 2.16. The minimum absolute atomic E-state index is 0.00610. The molecule has 1 amide bonds. The van der Waals surface area contributed by atoms with Crippen molar-refractivity contribution in [3.05, 3.63) is 29.3 Å². The van der Waals surface area contributed by atoms with Gasteiger partial charge in [-0.15, -0.1) is 11.6 Å². The monoisotopic (exact) mass is 275 g/mol. The molecule has 0 fully saturated rings. The largest absolute Gasteiger partial charge is 0.490 e. The molecule has 17 heavy (non-hydrogen) atoms. The van der Waals surface area contributed by atoms with Gasteiger partial charge in [0.25, 0.3) is 0 Å². The maximum atomic E-state index is 11.2. The number of benzene rings is 1. The van der Waals surface area contributed by atoms with Gasteiger partial charge >= 0.3 is 0 Å². The number of rotatable bonds is 7. The van der Waals surface area contributed by atoms with E-state index in [0.29, 0.717) is 42.6 Å². The van der Waals surface area contributed by atoms with Crippen LogP contribution >= 0.6 is 23.2 Å². The summed E-state index contributed by atoms with van der Waals surface area (Å²) < 4.78 is 5.42. The molecule has 0 aromatic heterocycles. The lowest BCUT2D eigenvalue weighted by Crippen LogP contribution is -2.27. The van der Waals surface area contributed by atoms with Crippen LogP contribution in [0.25, 0.3) is 0 Å². The zero-order valence-electron chi connectivity index (χ0n) is 9.42. The molecule has 5 heteroatoms. The second kappa shape index (κ2) is 8.20. The van der Waals surface area contributed by atoms with Crippen molar-refractivity contribution in [3.8, 4) is 5.75 Å². The van der Waals surface area contributed by atoms with Crippen molar-refractivity contribution in [1.82, 2.24) is 5.32 Å². The summed E-state index contributed by atoms with van der Waals surface area (Å²) in [5, 5.41) is 3.31. The van der Waals surface area contributed by atoms with Gasteiger partial charge in [-0.1, -0.05) is 23.7 Å². The molecule has 3 nitrogen and oxygen atoms in total. The third kappa shape index (κ3) is 5.80. The van der Waals surface area contributed by atoms with Crippen LogP contribution in [0.4, 0.5) is 0 Å². The van der Waals surface area contributed by atoms with Crippen molar-refractivity contribution < 1.29 is 9.53 Å². The van der Waals surface area contributed by atoms with Gasteiger partial charge < -0.3 is 10.1 Å². The van der Waals surface area contributed by atoms with E-state index in [-0.39, 0.29) is 5.91 Å². The number of hydrogen-bond donors (Lipinski definition) is 1. The normalized spacial score (nSPS) is 10.0. The number of hydrogen-bond acceptors (Lipinski definition) is 2. The Labute approximate surface area is 111 Å². The third-order valence-corrected chi connectivity index (χ3v) is 2.64. The van der Waals surface area contributed by atoms with Gasteiger partial charge in [-0.2, -0.15) is 0 Å². The second-order valence-corrected chi connectivity index (χ2v) is 4.21. The third-order valence-electron chi connectivity index (χ3n) is 2.06. The smallest absolute Gasteiger partial charge is 0.220 e. The van der Waals surface area contributed by atoms with Crippen molar-refractivity contribution in [2.75, 3.05) is 19.0 Å². The summed E-state index contributed by atoms with van der Waals surface area (Å²) in [4.78, 5) is 11.2. The van der Waals surface area contributed by atoms with Crippen molar-refractivity contribution >= 4 is 29.1 Å². The Morgan fingerprint density at radius 2 is 2.12 bits per heavy atom. The Kier molecular flexibility index (Phi) is 6.82. The Morgan fingerprint density at radius 3 is 2.82 bits per heavy atom. The van der Waals surface area contributed by atoms with Crippen LogP contribution in [0.5, 0.6) is 5.75 Å². The molecule has 0 spiro atoms. The van der Waals surface area contributed by atoms with Gasteiger partial charge in [0.05, 0.1) is 11.6 Å². The number of carbonyl (C=O) groups excluding carboxylic acids is 1. The minimum atomic E-state index is -0.00610. The Morgan fingerprint density at radius 1 is 1.35 bits per heavy atom. The average Bonchev–Trinajstić information content (AvgIpc) is 2.34. The van der Waals surface area contributed by atoms with Crippen LogP contribution in [-0.4, -0.2) is 24.9 Å². The number of carbonyl (C=O) groups is 1. The molecule has 0 saturated heterocycles. The first-order chi connectivity index (χ1) is 8.24. The van der Waals surface area contributed by atoms with Gasteiger partial charge in [0.1, 0.15) is 12.4 Å². The molecule has 1 rings (SSSR count). The molecule has 0 saturated carbocycles. The van der Waals surface area contributed by atoms with Crippen molar-refractivity contribution in [1.29, 1.82) is 0 Å². The summed E-state index contributed by atoms with van der Waals surface area (Å²) in [5.74, 6) is 1.13. The summed E-state index contributed by atoms with van der Waals surface area (Å²) in [7, 11) is 0. The van der Waals surface area contributed by atoms with E-state index in [0.717, 1.165) is 0 Å². The first-order valence-electron chi connectivity index (χ1n) is 5.44. The molecule has 0 bridgehead atoms. The number of amides is 1. The fourth-order valence-electron chi connectivity index (χ4n) is 1.23. The van der Waals surface area contributed by atoms with Gasteiger partial charge in [0, 0.05) is 12.3 Å². The fourth-order valence-corrected chi connectivity index (χ4v) is 1.55. The molecule has 0 unspecified atom stereocenters. The highest BCUT2D eigenvalue weighted by atomic mass is 35.5. The van der Waals surface area contributed by atoms with E-state index in [2.05, 4.69) is 5.32 Å². The van der Waals surface area contributed by atoms with Crippen molar-refractivity contribution in [2.24, 2.45) is 0 Å². The predicted octanol–water partition coefficient (Wildman–Crippen LogP) is 2.85. The highest BCUT2D eigenvalue weighted by molar-refractivity contribution is 6.32. The quantitative estimate of drug-likeness (QED) is 0.614. The first-order valence-corrected chi connectivity index (χ1v) is 6.35. The van der Waals surface area contributed by atoms with Gasteiger partial charge in [0.15, 0.2) is 0 Å². The second-order valence-electron chi connectivity index (χ2n) is 3.42. The Hall–Kier alpha value is -0.930. The molecule has 0 aliphatic rings. The number of nitrogens with one attached hydrogen (secondary N) is 1. The van der Waals surface area contributed by atoms with E-state index in [1.54, 1.807) is 12.1 Å². The Bertz CT molecular complexity index is 358. The molecular formula is C12H15Cl2NO2. The number of ether oxygens (including phenoxy) is 1. The predicted molar refractivity (Wildman–Crippen MR) is 69.9 cm³/mol. The lowest BCUT2D eigenvalue weighted by atomic mass is 10.3. The molecule has 0 atom stereocenters. The van der Waals surface area contributed by atoms with Gasteiger partial charge in [-0.05, 0) is 18.6 Å². The molecule has 0 radical (unpaired) electrons. The topological polar surface area (TPSA) is 38.3 Å². The van der Waals surface area contributed by atoms with Gasteiger partial charge in [-0.25, -0.2) is 0 Å².